The molecule has 0 aromatic heterocycles. The quantitative estimate of drug-likeness (QED) is 0.406. The fourth-order valence-electron chi connectivity index (χ4n) is 6.51. The number of likely N-dealkylation sites (tertiary alicyclic amines) is 1. The first kappa shape index (κ1) is 32.9. The fraction of sp³-hybridized carbons (Fsp3) is 0.543. The Balaban J connectivity index is 0.000000180. The van der Waals surface area contributed by atoms with E-state index in [1.54, 1.807) is 12.1 Å². The maximum absolute atomic E-state index is 12.0. The standard InChI is InChI=1S/C20H28N2O2.C15H20N2O4/c1-21-14-19(15-22-10-2-3-11-22)24-20(21)18-6-4-16(5-7-18)17-8-12-23-13-9-17;1-10-3-6-14(15(20)16-21-10)17(2)8-12-7-13(19)5-4-11(12)9-18/h4-7,14,17,20H,2-3,8-13,15H2,1H3;4-5,7,9-10,14,19H,3,6,8H2,1-2H3,(H,16,20). The van der Waals surface area contributed by atoms with Gasteiger partial charge in [-0.1, -0.05) is 24.3 Å². The summed E-state index contributed by atoms with van der Waals surface area (Å²) in [6.07, 6.45) is 9.29. The number of amides is 1. The van der Waals surface area contributed by atoms with E-state index >= 15 is 0 Å². The molecule has 4 aliphatic heterocycles. The summed E-state index contributed by atoms with van der Waals surface area (Å²) in [5.74, 6) is 1.66. The van der Waals surface area contributed by atoms with E-state index in [2.05, 4.69) is 52.8 Å². The third kappa shape index (κ3) is 8.85. The van der Waals surface area contributed by atoms with E-state index < -0.39 is 0 Å². The van der Waals surface area contributed by atoms with E-state index in [0.717, 1.165) is 51.1 Å². The number of nitrogens with zero attached hydrogens (tertiary/aromatic N) is 3. The SMILES string of the molecule is CC1CCC(N(C)Cc2cc(O)ccc2C=O)C(=O)NO1.CN1C=C(CN2CCCC2)OC1c1ccc(C2CCOCC2)cc1. The molecule has 3 unspecified atom stereocenters. The zero-order valence-electron chi connectivity index (χ0n) is 26.8. The van der Waals surface area contributed by atoms with Crippen LogP contribution in [0, 0.1) is 0 Å². The van der Waals surface area contributed by atoms with Gasteiger partial charge in [0.1, 0.15) is 17.8 Å². The second kappa shape index (κ2) is 15.7. The second-order valence-electron chi connectivity index (χ2n) is 12.7. The number of carbonyl (C=O) groups excluding carboxylic acids is 2. The summed E-state index contributed by atoms with van der Waals surface area (Å²) >= 11 is 0. The van der Waals surface area contributed by atoms with Crippen molar-refractivity contribution in [2.75, 3.05) is 46.9 Å². The summed E-state index contributed by atoms with van der Waals surface area (Å²) in [5.41, 5.74) is 6.33. The van der Waals surface area contributed by atoms with E-state index in [1.165, 1.54) is 43.1 Å². The van der Waals surface area contributed by atoms with Crippen molar-refractivity contribution in [1.29, 1.82) is 0 Å². The lowest BCUT2D eigenvalue weighted by molar-refractivity contribution is -0.139. The number of benzene rings is 2. The summed E-state index contributed by atoms with van der Waals surface area (Å²) in [5, 5.41) is 9.55. The molecule has 0 spiro atoms. The van der Waals surface area contributed by atoms with Crippen molar-refractivity contribution in [3.63, 3.8) is 0 Å². The first-order valence-electron chi connectivity index (χ1n) is 16.2. The highest BCUT2D eigenvalue weighted by Crippen LogP contribution is 2.33. The predicted molar refractivity (Wildman–Crippen MR) is 171 cm³/mol. The van der Waals surface area contributed by atoms with Crippen LogP contribution < -0.4 is 5.48 Å². The van der Waals surface area contributed by atoms with Crippen LogP contribution in [0.3, 0.4) is 0 Å². The van der Waals surface area contributed by atoms with Crippen LogP contribution in [0.1, 0.15) is 84.6 Å². The highest BCUT2D eigenvalue weighted by molar-refractivity contribution is 5.81. The van der Waals surface area contributed by atoms with E-state index in [1.807, 2.05) is 18.9 Å². The maximum Gasteiger partial charge on any atom is 0.260 e. The van der Waals surface area contributed by atoms with E-state index in [9.17, 15) is 14.7 Å². The molecule has 10 heteroatoms. The number of rotatable bonds is 8. The number of phenolic OH excluding ortho intramolecular Hbond substituents is 1. The van der Waals surface area contributed by atoms with Crippen LogP contribution in [0.5, 0.6) is 5.75 Å². The third-order valence-electron chi connectivity index (χ3n) is 9.19. The number of hydrogen-bond acceptors (Lipinski definition) is 9. The molecule has 6 rings (SSSR count). The molecule has 244 valence electrons. The molecule has 3 atom stereocenters. The smallest absolute Gasteiger partial charge is 0.260 e. The fourth-order valence-corrected chi connectivity index (χ4v) is 6.51. The Morgan fingerprint density at radius 3 is 2.44 bits per heavy atom. The average molecular weight is 621 g/mol. The molecule has 0 bridgehead atoms. The number of ether oxygens (including phenoxy) is 2. The average Bonchev–Trinajstić information content (AvgIpc) is 3.66. The van der Waals surface area contributed by atoms with Crippen molar-refractivity contribution in [2.45, 2.75) is 76.3 Å². The molecule has 0 saturated carbocycles. The van der Waals surface area contributed by atoms with Gasteiger partial charge in [-0.15, -0.1) is 0 Å². The number of hydroxylamine groups is 1. The molecule has 10 nitrogen and oxygen atoms in total. The highest BCUT2D eigenvalue weighted by Gasteiger charge is 2.29. The zero-order chi connectivity index (χ0) is 31.8. The first-order valence-corrected chi connectivity index (χ1v) is 16.2. The van der Waals surface area contributed by atoms with Gasteiger partial charge in [0.05, 0.1) is 18.7 Å². The lowest BCUT2D eigenvalue weighted by Gasteiger charge is -2.25. The Labute approximate surface area is 266 Å². The Morgan fingerprint density at radius 2 is 1.73 bits per heavy atom. The topological polar surface area (TPSA) is 104 Å². The van der Waals surface area contributed by atoms with Gasteiger partial charge in [-0.3, -0.25) is 24.2 Å². The minimum atomic E-state index is -0.322. The van der Waals surface area contributed by atoms with Crippen molar-refractivity contribution >= 4 is 12.2 Å². The number of aromatic hydroxyl groups is 1. The molecule has 2 aromatic carbocycles. The molecule has 3 fully saturated rings. The van der Waals surface area contributed by atoms with Crippen LogP contribution in [-0.2, 0) is 25.7 Å². The van der Waals surface area contributed by atoms with Gasteiger partial charge in [-0.25, -0.2) is 5.48 Å². The van der Waals surface area contributed by atoms with Crippen LogP contribution in [0.2, 0.25) is 0 Å². The van der Waals surface area contributed by atoms with Gasteiger partial charge in [0, 0.05) is 44.1 Å². The molecule has 4 heterocycles. The number of aldehydes is 1. The predicted octanol–water partition coefficient (Wildman–Crippen LogP) is 4.71. The van der Waals surface area contributed by atoms with E-state index in [-0.39, 0.29) is 30.0 Å². The molecule has 45 heavy (non-hydrogen) atoms. The molecule has 2 N–H and O–H groups in total. The Hall–Kier alpha value is -3.44. The third-order valence-corrected chi connectivity index (χ3v) is 9.19. The molecule has 0 radical (unpaired) electrons. The molecular formula is C35H48N4O6. The van der Waals surface area contributed by atoms with Crippen LogP contribution >= 0.6 is 0 Å². The van der Waals surface area contributed by atoms with Gasteiger partial charge in [0.2, 0.25) is 0 Å². The summed E-state index contributed by atoms with van der Waals surface area (Å²) in [6.45, 7) is 7.44. The molecule has 3 saturated heterocycles. The summed E-state index contributed by atoms with van der Waals surface area (Å²) < 4.78 is 11.7. The lowest BCUT2D eigenvalue weighted by Crippen LogP contribution is -2.43. The molecule has 2 aromatic rings. The number of phenols is 1. The monoisotopic (exact) mass is 620 g/mol. The highest BCUT2D eigenvalue weighted by atomic mass is 16.7. The Morgan fingerprint density at radius 1 is 1.02 bits per heavy atom. The van der Waals surface area contributed by atoms with Gasteiger partial charge >= 0.3 is 0 Å². The minimum absolute atomic E-state index is 0.0151. The van der Waals surface area contributed by atoms with E-state index in [0.29, 0.717) is 30.0 Å². The van der Waals surface area contributed by atoms with Gasteiger partial charge in [-0.2, -0.15) is 0 Å². The van der Waals surface area contributed by atoms with Gasteiger partial charge in [0.15, 0.2) is 6.23 Å². The second-order valence-corrected chi connectivity index (χ2v) is 12.7. The van der Waals surface area contributed by atoms with Crippen molar-refractivity contribution in [1.82, 2.24) is 20.2 Å². The largest absolute Gasteiger partial charge is 0.508 e. The minimum Gasteiger partial charge on any atom is -0.508 e. The Bertz CT molecular complexity index is 1310. The van der Waals surface area contributed by atoms with Crippen LogP contribution in [0.25, 0.3) is 0 Å². The Kier molecular flexibility index (Phi) is 11.5. The van der Waals surface area contributed by atoms with Crippen molar-refractivity contribution < 1.29 is 29.0 Å². The first-order chi connectivity index (χ1) is 21.8. The number of nitrogens with one attached hydrogen (secondary N) is 1. The van der Waals surface area contributed by atoms with Gasteiger partial charge < -0.3 is 19.5 Å². The zero-order valence-corrected chi connectivity index (χ0v) is 26.8. The number of carbonyl (C=O) groups is 2. The summed E-state index contributed by atoms with van der Waals surface area (Å²) in [7, 11) is 3.92. The van der Waals surface area contributed by atoms with Crippen molar-refractivity contribution in [3.05, 3.63) is 76.7 Å². The number of likely N-dealkylation sites (N-methyl/N-ethyl adjacent to an activating group) is 1. The maximum atomic E-state index is 12.0. The van der Waals surface area contributed by atoms with Crippen molar-refractivity contribution in [2.24, 2.45) is 0 Å². The van der Waals surface area contributed by atoms with Gasteiger partial charge in [0.25, 0.3) is 5.91 Å². The van der Waals surface area contributed by atoms with Crippen LogP contribution in [0.15, 0.2) is 54.4 Å². The van der Waals surface area contributed by atoms with Crippen LogP contribution in [0.4, 0.5) is 0 Å². The molecular weight excluding hydrogens is 572 g/mol. The lowest BCUT2D eigenvalue weighted by atomic mass is 9.91. The van der Waals surface area contributed by atoms with Gasteiger partial charge in [-0.05, 0) is 101 Å². The van der Waals surface area contributed by atoms with Crippen LogP contribution in [-0.4, -0.2) is 91.1 Å². The molecule has 4 aliphatic rings. The van der Waals surface area contributed by atoms with E-state index in [4.69, 9.17) is 14.3 Å². The number of hydrogen-bond donors (Lipinski definition) is 2. The normalized spacial score (nSPS) is 24.4. The molecule has 0 aliphatic carbocycles. The summed E-state index contributed by atoms with van der Waals surface area (Å²) in [6, 6.07) is 13.3. The van der Waals surface area contributed by atoms with Crippen molar-refractivity contribution in [3.8, 4) is 5.75 Å². The summed E-state index contributed by atoms with van der Waals surface area (Å²) in [4.78, 5) is 34.8. The molecule has 1 amide bonds.